The van der Waals surface area contributed by atoms with Crippen LogP contribution in [0.1, 0.15) is 26.2 Å². The lowest BCUT2D eigenvalue weighted by Gasteiger charge is -2.36. The van der Waals surface area contributed by atoms with Crippen molar-refractivity contribution in [1.29, 1.82) is 0 Å². The Morgan fingerprint density at radius 1 is 1.06 bits per heavy atom. The van der Waals surface area contributed by atoms with Gasteiger partial charge in [-0.2, -0.15) is 0 Å². The molecule has 0 spiro atoms. The highest BCUT2D eigenvalue weighted by atomic mass is 15.3. The van der Waals surface area contributed by atoms with Crippen LogP contribution < -0.4 is 9.80 Å². The summed E-state index contributed by atoms with van der Waals surface area (Å²) in [6, 6.07) is 11.8. The van der Waals surface area contributed by atoms with Gasteiger partial charge in [0, 0.05) is 12.1 Å². The Kier molecular flexibility index (Phi) is 3.55. The van der Waals surface area contributed by atoms with Crippen molar-refractivity contribution in [3.05, 3.63) is 30.3 Å². The quantitative estimate of drug-likeness (QED) is 0.831. The summed E-state index contributed by atoms with van der Waals surface area (Å²) in [7, 11) is 0. The number of para-hydroxylation sites is 1. The largest absolute Gasteiger partial charge is 0.360 e. The van der Waals surface area contributed by atoms with Crippen molar-refractivity contribution in [1.82, 2.24) is 0 Å². The molecule has 1 saturated carbocycles. The first kappa shape index (κ1) is 12.0. The summed E-state index contributed by atoms with van der Waals surface area (Å²) in [5.74, 6) is 0.967. The topological polar surface area (TPSA) is 7.68 Å². The Hall–Kier alpha value is -1.02. The normalized spacial score (nSPS) is 29.7. The van der Waals surface area contributed by atoms with Crippen molar-refractivity contribution in [2.75, 3.05) is 31.1 Å². The van der Waals surface area contributed by atoms with Crippen LogP contribution in [0, 0.1) is 5.92 Å². The van der Waals surface area contributed by atoms with Gasteiger partial charge in [-0.3, -0.25) is 0 Å². The number of rotatable bonds is 2. The molecule has 2 aliphatic rings. The number of hydrogen-bond acceptors (Lipinski definition) is 1. The third kappa shape index (κ3) is 2.54. The number of benzene rings is 1. The van der Waals surface area contributed by atoms with Crippen molar-refractivity contribution in [2.24, 2.45) is 5.92 Å². The molecule has 1 N–H and O–H groups in total. The molecule has 2 atom stereocenters. The Bertz CT molecular complexity index is 368. The van der Waals surface area contributed by atoms with E-state index in [1.54, 1.807) is 0 Å². The van der Waals surface area contributed by atoms with Crippen LogP contribution in [-0.2, 0) is 0 Å². The summed E-state index contributed by atoms with van der Waals surface area (Å²) in [4.78, 5) is 4.41. The van der Waals surface area contributed by atoms with Gasteiger partial charge < -0.3 is 9.80 Å². The molecule has 1 aromatic rings. The molecule has 18 heavy (non-hydrogen) atoms. The number of piperazine rings is 1. The zero-order valence-electron chi connectivity index (χ0n) is 11.4. The van der Waals surface area contributed by atoms with Gasteiger partial charge in [-0.25, -0.2) is 0 Å². The van der Waals surface area contributed by atoms with Crippen LogP contribution in [0.25, 0.3) is 0 Å². The van der Waals surface area contributed by atoms with E-state index in [0.717, 1.165) is 12.0 Å². The monoisotopic (exact) mass is 245 g/mol. The molecule has 98 valence electrons. The molecule has 1 saturated heterocycles. The van der Waals surface area contributed by atoms with E-state index in [0.29, 0.717) is 0 Å². The molecular formula is C16H25N2+. The Labute approximate surface area is 111 Å². The van der Waals surface area contributed by atoms with Gasteiger partial charge in [0.25, 0.3) is 0 Å². The minimum absolute atomic E-state index is 0.956. The van der Waals surface area contributed by atoms with Crippen molar-refractivity contribution >= 4 is 5.69 Å². The summed E-state index contributed by atoms with van der Waals surface area (Å²) in [6.45, 7) is 7.52. The van der Waals surface area contributed by atoms with Gasteiger partial charge in [-0.05, 0) is 30.9 Å². The van der Waals surface area contributed by atoms with E-state index in [9.17, 15) is 0 Å². The lowest BCUT2D eigenvalue weighted by atomic mass is 10.1. The first-order chi connectivity index (χ1) is 8.83. The molecule has 1 aromatic carbocycles. The predicted octanol–water partition coefficient (Wildman–Crippen LogP) is 1.58. The average Bonchev–Trinajstić information content (AvgIpc) is 2.87. The van der Waals surface area contributed by atoms with E-state index in [-0.39, 0.29) is 0 Å². The number of anilines is 1. The van der Waals surface area contributed by atoms with E-state index < -0.39 is 0 Å². The van der Waals surface area contributed by atoms with E-state index in [2.05, 4.69) is 42.2 Å². The van der Waals surface area contributed by atoms with Crippen LogP contribution >= 0.6 is 0 Å². The number of hydrogen-bond donors (Lipinski definition) is 1. The second-order valence-corrected chi connectivity index (χ2v) is 6.10. The van der Waals surface area contributed by atoms with Crippen molar-refractivity contribution in [3.63, 3.8) is 0 Å². The highest BCUT2D eigenvalue weighted by Gasteiger charge is 2.32. The second kappa shape index (κ2) is 5.31. The fraction of sp³-hybridized carbons (Fsp3) is 0.625. The van der Waals surface area contributed by atoms with Crippen LogP contribution in [0.3, 0.4) is 0 Å². The van der Waals surface area contributed by atoms with Crippen molar-refractivity contribution in [2.45, 2.75) is 32.2 Å². The number of nitrogens with zero attached hydrogens (tertiary/aromatic N) is 1. The maximum absolute atomic E-state index is 2.54. The molecular weight excluding hydrogens is 220 g/mol. The van der Waals surface area contributed by atoms with Crippen molar-refractivity contribution < 1.29 is 4.90 Å². The van der Waals surface area contributed by atoms with E-state index >= 15 is 0 Å². The van der Waals surface area contributed by atoms with Crippen LogP contribution in [-0.4, -0.2) is 32.2 Å². The van der Waals surface area contributed by atoms with E-state index in [1.165, 1.54) is 51.1 Å². The summed E-state index contributed by atoms with van der Waals surface area (Å²) in [5.41, 5.74) is 1.40. The summed E-state index contributed by atoms with van der Waals surface area (Å²) in [6.07, 6.45) is 4.37. The highest BCUT2D eigenvalue weighted by Crippen LogP contribution is 2.23. The summed E-state index contributed by atoms with van der Waals surface area (Å²) >= 11 is 0. The Morgan fingerprint density at radius 3 is 2.39 bits per heavy atom. The van der Waals surface area contributed by atoms with E-state index in [1.807, 2.05) is 4.90 Å². The molecule has 2 fully saturated rings. The van der Waals surface area contributed by atoms with Gasteiger partial charge in [0.2, 0.25) is 0 Å². The summed E-state index contributed by atoms with van der Waals surface area (Å²) < 4.78 is 0. The summed E-state index contributed by atoms with van der Waals surface area (Å²) in [5, 5.41) is 0. The average molecular weight is 245 g/mol. The third-order valence-corrected chi connectivity index (χ3v) is 4.80. The molecule has 2 heteroatoms. The zero-order valence-corrected chi connectivity index (χ0v) is 11.4. The third-order valence-electron chi connectivity index (χ3n) is 4.80. The smallest absolute Gasteiger partial charge is 0.0951 e. The van der Waals surface area contributed by atoms with Crippen molar-refractivity contribution in [3.8, 4) is 0 Å². The Morgan fingerprint density at radius 2 is 1.78 bits per heavy atom. The SMILES string of the molecule is C[C@@H]1CC[C@H]([NH+]2CCN(c3ccccc3)CC2)C1. The highest BCUT2D eigenvalue weighted by molar-refractivity contribution is 5.46. The molecule has 1 aliphatic heterocycles. The number of quaternary nitrogens is 1. The fourth-order valence-electron chi connectivity index (χ4n) is 3.68. The second-order valence-electron chi connectivity index (χ2n) is 6.10. The van der Waals surface area contributed by atoms with E-state index in [4.69, 9.17) is 0 Å². The lowest BCUT2D eigenvalue weighted by molar-refractivity contribution is -0.925. The van der Waals surface area contributed by atoms with Crippen LogP contribution in [0.2, 0.25) is 0 Å². The van der Waals surface area contributed by atoms with Crippen LogP contribution in [0.4, 0.5) is 5.69 Å². The number of nitrogens with one attached hydrogen (secondary N) is 1. The minimum atomic E-state index is 0.956. The molecule has 0 bridgehead atoms. The molecule has 1 heterocycles. The fourth-order valence-corrected chi connectivity index (χ4v) is 3.68. The van der Waals surface area contributed by atoms with Gasteiger partial charge in [-0.1, -0.05) is 25.1 Å². The lowest BCUT2D eigenvalue weighted by Crippen LogP contribution is -3.18. The van der Waals surface area contributed by atoms with Crippen LogP contribution in [0.15, 0.2) is 30.3 Å². The maximum atomic E-state index is 2.54. The van der Waals surface area contributed by atoms with Gasteiger partial charge >= 0.3 is 0 Å². The van der Waals surface area contributed by atoms with Gasteiger partial charge in [-0.15, -0.1) is 0 Å². The van der Waals surface area contributed by atoms with Gasteiger partial charge in [0.05, 0.1) is 32.2 Å². The zero-order chi connectivity index (χ0) is 12.4. The molecule has 0 aromatic heterocycles. The first-order valence-corrected chi connectivity index (χ1v) is 7.47. The standard InChI is InChI=1S/C16H24N2/c1-14-7-8-16(13-14)18-11-9-17(10-12-18)15-5-3-2-4-6-15/h2-6,14,16H,7-13H2,1H3/p+1/t14-,16+/m1/s1. The maximum Gasteiger partial charge on any atom is 0.0951 e. The molecule has 0 unspecified atom stereocenters. The first-order valence-electron chi connectivity index (χ1n) is 7.47. The molecule has 0 radical (unpaired) electrons. The van der Waals surface area contributed by atoms with Gasteiger partial charge in [0.15, 0.2) is 0 Å². The molecule has 1 aliphatic carbocycles. The Balaban J connectivity index is 1.55. The molecule has 0 amide bonds. The van der Waals surface area contributed by atoms with Crippen LogP contribution in [0.5, 0.6) is 0 Å². The minimum Gasteiger partial charge on any atom is -0.360 e. The molecule has 3 rings (SSSR count). The molecule has 2 nitrogen and oxygen atoms in total. The van der Waals surface area contributed by atoms with Gasteiger partial charge in [0.1, 0.15) is 0 Å². The predicted molar refractivity (Wildman–Crippen MR) is 76.2 cm³/mol.